The van der Waals surface area contributed by atoms with E-state index in [1.54, 1.807) is 18.5 Å². The summed E-state index contributed by atoms with van der Waals surface area (Å²) < 4.78 is 13.5. The minimum Gasteiger partial charge on any atom is -0.352 e. The minimum absolute atomic E-state index is 0.224. The van der Waals surface area contributed by atoms with Gasteiger partial charge in [-0.1, -0.05) is 12.1 Å². The molecule has 16 heavy (non-hydrogen) atoms. The van der Waals surface area contributed by atoms with Crippen LogP contribution in [0.5, 0.6) is 0 Å². The highest BCUT2D eigenvalue weighted by Gasteiger charge is 2.05. The molecule has 0 aliphatic rings. The summed E-state index contributed by atoms with van der Waals surface area (Å²) in [5.41, 5.74) is 2.46. The van der Waals surface area contributed by atoms with Crippen LogP contribution in [0.1, 0.15) is 0 Å². The minimum atomic E-state index is -0.224. The maximum atomic E-state index is 13.5. The van der Waals surface area contributed by atoms with E-state index in [1.807, 2.05) is 24.3 Å². The van der Waals surface area contributed by atoms with Gasteiger partial charge in [-0.05, 0) is 24.3 Å². The normalized spacial score (nSPS) is 10.8. The SMILES string of the molecule is Fc1cccc2cc(-c3ccncc3)[nH]c12. The maximum absolute atomic E-state index is 13.5. The number of hydrogen-bond donors (Lipinski definition) is 1. The Labute approximate surface area is 91.8 Å². The molecule has 1 N–H and O–H groups in total. The number of nitrogens with zero attached hydrogens (tertiary/aromatic N) is 1. The summed E-state index contributed by atoms with van der Waals surface area (Å²) in [5, 5.41) is 0.881. The zero-order valence-corrected chi connectivity index (χ0v) is 8.44. The lowest BCUT2D eigenvalue weighted by Gasteiger charge is -1.94. The number of H-pyrrole nitrogens is 1. The molecule has 2 nitrogen and oxygen atoms in total. The lowest BCUT2D eigenvalue weighted by Crippen LogP contribution is -1.78. The molecule has 0 amide bonds. The summed E-state index contributed by atoms with van der Waals surface area (Å²) in [6, 6.07) is 10.8. The fourth-order valence-corrected chi connectivity index (χ4v) is 1.81. The van der Waals surface area contributed by atoms with Gasteiger partial charge in [0.25, 0.3) is 0 Å². The number of halogens is 1. The Morgan fingerprint density at radius 2 is 1.88 bits per heavy atom. The Kier molecular flexibility index (Phi) is 1.96. The summed E-state index contributed by atoms with van der Waals surface area (Å²) in [6.45, 7) is 0. The zero-order chi connectivity index (χ0) is 11.0. The van der Waals surface area contributed by atoms with Crippen LogP contribution in [0.2, 0.25) is 0 Å². The van der Waals surface area contributed by atoms with Crippen molar-refractivity contribution in [3.63, 3.8) is 0 Å². The van der Waals surface area contributed by atoms with Crippen molar-refractivity contribution < 1.29 is 4.39 Å². The first-order valence-electron chi connectivity index (χ1n) is 5.02. The second-order valence-electron chi connectivity index (χ2n) is 3.62. The Hall–Kier alpha value is -2.16. The fraction of sp³-hybridized carbons (Fsp3) is 0. The van der Waals surface area contributed by atoms with E-state index in [1.165, 1.54) is 6.07 Å². The van der Waals surface area contributed by atoms with E-state index in [0.29, 0.717) is 5.52 Å². The molecule has 0 aliphatic carbocycles. The summed E-state index contributed by atoms with van der Waals surface area (Å²) in [7, 11) is 0. The fourth-order valence-electron chi connectivity index (χ4n) is 1.81. The van der Waals surface area contributed by atoms with Gasteiger partial charge in [-0.15, -0.1) is 0 Å². The van der Waals surface area contributed by atoms with Crippen molar-refractivity contribution in [1.29, 1.82) is 0 Å². The standard InChI is InChI=1S/C13H9FN2/c14-11-3-1-2-10-8-12(16-13(10)11)9-4-6-15-7-5-9/h1-8,16H. The molecule has 0 radical (unpaired) electrons. The largest absolute Gasteiger partial charge is 0.352 e. The van der Waals surface area contributed by atoms with Crippen LogP contribution >= 0.6 is 0 Å². The van der Waals surface area contributed by atoms with Crippen LogP contribution in [0, 0.1) is 5.82 Å². The van der Waals surface area contributed by atoms with Crippen LogP contribution in [-0.4, -0.2) is 9.97 Å². The highest BCUT2D eigenvalue weighted by atomic mass is 19.1. The first-order valence-corrected chi connectivity index (χ1v) is 5.02. The second-order valence-corrected chi connectivity index (χ2v) is 3.62. The van der Waals surface area contributed by atoms with E-state index in [4.69, 9.17) is 0 Å². The molecule has 0 fully saturated rings. The molecule has 0 atom stereocenters. The van der Waals surface area contributed by atoms with Gasteiger partial charge >= 0.3 is 0 Å². The third-order valence-electron chi connectivity index (χ3n) is 2.60. The number of rotatable bonds is 1. The van der Waals surface area contributed by atoms with Crippen LogP contribution in [0.3, 0.4) is 0 Å². The van der Waals surface area contributed by atoms with E-state index < -0.39 is 0 Å². The highest BCUT2D eigenvalue weighted by molar-refractivity contribution is 5.86. The summed E-state index contributed by atoms with van der Waals surface area (Å²) in [5.74, 6) is -0.224. The molecule has 3 rings (SSSR count). The predicted molar refractivity (Wildman–Crippen MR) is 61.5 cm³/mol. The average molecular weight is 212 g/mol. The third kappa shape index (κ3) is 1.37. The van der Waals surface area contributed by atoms with Crippen molar-refractivity contribution in [1.82, 2.24) is 9.97 Å². The number of hydrogen-bond acceptors (Lipinski definition) is 1. The monoisotopic (exact) mass is 212 g/mol. The van der Waals surface area contributed by atoms with Crippen LogP contribution in [0.15, 0.2) is 48.8 Å². The van der Waals surface area contributed by atoms with Gasteiger partial charge in [-0.25, -0.2) is 4.39 Å². The molecule has 0 saturated carbocycles. The number of para-hydroxylation sites is 1. The van der Waals surface area contributed by atoms with Crippen molar-refractivity contribution in [2.45, 2.75) is 0 Å². The Bertz CT molecular complexity index is 629. The Balaban J connectivity index is 2.23. The van der Waals surface area contributed by atoms with Gasteiger partial charge in [-0.3, -0.25) is 4.98 Å². The van der Waals surface area contributed by atoms with Gasteiger partial charge in [-0.2, -0.15) is 0 Å². The second kappa shape index (κ2) is 3.45. The van der Waals surface area contributed by atoms with Crippen LogP contribution in [0.25, 0.3) is 22.2 Å². The molecule has 0 aliphatic heterocycles. The zero-order valence-electron chi connectivity index (χ0n) is 8.44. The number of aromatic nitrogens is 2. The molecule has 1 aromatic carbocycles. The maximum Gasteiger partial charge on any atom is 0.147 e. The number of nitrogens with one attached hydrogen (secondary N) is 1. The molecule has 0 saturated heterocycles. The van der Waals surface area contributed by atoms with E-state index in [-0.39, 0.29) is 5.82 Å². The quantitative estimate of drug-likeness (QED) is 0.658. The topological polar surface area (TPSA) is 28.7 Å². The highest BCUT2D eigenvalue weighted by Crippen LogP contribution is 2.24. The van der Waals surface area contributed by atoms with E-state index >= 15 is 0 Å². The Morgan fingerprint density at radius 1 is 1.06 bits per heavy atom. The third-order valence-corrected chi connectivity index (χ3v) is 2.60. The molecular formula is C13H9FN2. The van der Waals surface area contributed by atoms with Gasteiger partial charge < -0.3 is 4.98 Å². The van der Waals surface area contributed by atoms with Gasteiger partial charge in [0.15, 0.2) is 0 Å². The Morgan fingerprint density at radius 3 is 2.62 bits per heavy atom. The molecule has 0 unspecified atom stereocenters. The number of aromatic amines is 1. The number of pyridine rings is 1. The van der Waals surface area contributed by atoms with Crippen molar-refractivity contribution >= 4 is 10.9 Å². The van der Waals surface area contributed by atoms with E-state index in [2.05, 4.69) is 9.97 Å². The average Bonchev–Trinajstić information content (AvgIpc) is 2.76. The molecular weight excluding hydrogens is 203 g/mol. The first-order chi connectivity index (χ1) is 7.84. The number of fused-ring (bicyclic) bond motifs is 1. The lowest BCUT2D eigenvalue weighted by molar-refractivity contribution is 0.637. The number of benzene rings is 1. The predicted octanol–water partition coefficient (Wildman–Crippen LogP) is 3.37. The van der Waals surface area contributed by atoms with Crippen molar-refractivity contribution in [2.24, 2.45) is 0 Å². The lowest BCUT2D eigenvalue weighted by atomic mass is 10.2. The molecule has 0 spiro atoms. The van der Waals surface area contributed by atoms with Gasteiger partial charge in [0.1, 0.15) is 5.82 Å². The van der Waals surface area contributed by atoms with E-state index in [9.17, 15) is 4.39 Å². The molecule has 2 heterocycles. The van der Waals surface area contributed by atoms with Crippen LogP contribution < -0.4 is 0 Å². The van der Waals surface area contributed by atoms with Gasteiger partial charge in [0.05, 0.1) is 5.52 Å². The first kappa shape index (κ1) is 9.09. The molecule has 2 aromatic heterocycles. The van der Waals surface area contributed by atoms with Crippen LogP contribution in [-0.2, 0) is 0 Å². The summed E-state index contributed by atoms with van der Waals surface area (Å²) >= 11 is 0. The summed E-state index contributed by atoms with van der Waals surface area (Å²) in [4.78, 5) is 7.03. The van der Waals surface area contributed by atoms with Crippen molar-refractivity contribution in [3.05, 3.63) is 54.6 Å². The smallest absolute Gasteiger partial charge is 0.147 e. The van der Waals surface area contributed by atoms with Crippen molar-refractivity contribution in [2.75, 3.05) is 0 Å². The molecule has 3 heteroatoms. The summed E-state index contributed by atoms with van der Waals surface area (Å²) in [6.07, 6.45) is 3.44. The molecule has 3 aromatic rings. The van der Waals surface area contributed by atoms with Crippen LogP contribution in [0.4, 0.5) is 4.39 Å². The van der Waals surface area contributed by atoms with Gasteiger partial charge in [0.2, 0.25) is 0 Å². The molecule has 0 bridgehead atoms. The van der Waals surface area contributed by atoms with E-state index in [0.717, 1.165) is 16.6 Å². The molecule has 78 valence electrons. The van der Waals surface area contributed by atoms with Gasteiger partial charge in [0, 0.05) is 29.0 Å². The van der Waals surface area contributed by atoms with Crippen molar-refractivity contribution in [3.8, 4) is 11.3 Å².